The van der Waals surface area contributed by atoms with E-state index in [0.717, 1.165) is 11.3 Å². The molecular weight excluding hydrogens is 302 g/mol. The fraction of sp³-hybridized carbons (Fsp3) is 0.545. The summed E-state index contributed by atoms with van der Waals surface area (Å²) in [6.07, 6.45) is 0.393. The molecule has 20 heavy (non-hydrogen) atoms. The van der Waals surface area contributed by atoms with Crippen LogP contribution < -0.4 is 10.6 Å². The van der Waals surface area contributed by atoms with Gasteiger partial charge in [-0.2, -0.15) is 0 Å². The Balaban J connectivity index is 2.05. The molecule has 0 aliphatic carbocycles. The predicted octanol–water partition coefficient (Wildman–Crippen LogP) is 0.408. The zero-order valence-electron chi connectivity index (χ0n) is 11.1. The lowest BCUT2D eigenvalue weighted by atomic mass is 10.0. The first-order valence-corrected chi connectivity index (χ1v) is 8.65. The van der Waals surface area contributed by atoms with Crippen LogP contribution in [0.2, 0.25) is 0 Å². The Bertz CT molecular complexity index is 652. The molecule has 0 bridgehead atoms. The summed E-state index contributed by atoms with van der Waals surface area (Å²) in [5.41, 5.74) is -0.586. The maximum Gasteiger partial charge on any atom is 0.271 e. The Kier molecular flexibility index (Phi) is 3.83. The molecule has 2 amide bonds. The number of carbonyl (C=O) groups is 2. The minimum Gasteiger partial charge on any atom is -0.344 e. The molecule has 1 atom stereocenters. The van der Waals surface area contributed by atoms with Crippen molar-refractivity contribution in [1.29, 1.82) is 0 Å². The van der Waals surface area contributed by atoms with Crippen LogP contribution in [-0.2, 0) is 14.6 Å². The van der Waals surface area contributed by atoms with Crippen molar-refractivity contribution in [2.24, 2.45) is 0 Å². The molecule has 1 unspecified atom stereocenters. The number of hydrogen-bond acceptors (Lipinski definition) is 6. The Morgan fingerprint density at radius 3 is 2.70 bits per heavy atom. The lowest BCUT2D eigenvalue weighted by molar-refractivity contribution is -0.114. The second-order valence-corrected chi connectivity index (χ2v) is 8.12. The van der Waals surface area contributed by atoms with Gasteiger partial charge in [-0.15, -0.1) is 11.3 Å². The van der Waals surface area contributed by atoms with Crippen molar-refractivity contribution >= 4 is 38.1 Å². The van der Waals surface area contributed by atoms with E-state index in [0.29, 0.717) is 11.6 Å². The molecule has 1 aliphatic rings. The number of thiazole rings is 1. The number of anilines is 1. The Hall–Kier alpha value is -1.48. The standard InChI is InChI=1S/C11H15N3O4S2/c1-7(15)12-10-13-8(5-19-10)9(16)14-11(2)3-4-20(17,18)6-11/h5H,3-4,6H2,1-2H3,(H,14,16)(H,12,13,15). The van der Waals surface area contributed by atoms with Crippen LogP contribution in [0.15, 0.2) is 5.38 Å². The smallest absolute Gasteiger partial charge is 0.271 e. The van der Waals surface area contributed by atoms with Gasteiger partial charge in [0.05, 0.1) is 17.0 Å². The van der Waals surface area contributed by atoms with Crippen LogP contribution in [-0.4, -0.2) is 42.3 Å². The largest absolute Gasteiger partial charge is 0.344 e. The molecule has 2 heterocycles. The van der Waals surface area contributed by atoms with E-state index in [-0.39, 0.29) is 23.1 Å². The third kappa shape index (κ3) is 3.54. The zero-order valence-corrected chi connectivity index (χ0v) is 12.7. The third-order valence-corrected chi connectivity index (χ3v) is 5.60. The van der Waals surface area contributed by atoms with Gasteiger partial charge in [-0.05, 0) is 13.3 Å². The number of rotatable bonds is 3. The second-order valence-electron chi connectivity index (χ2n) is 5.08. The van der Waals surface area contributed by atoms with E-state index < -0.39 is 21.3 Å². The molecule has 1 fully saturated rings. The highest BCUT2D eigenvalue weighted by Crippen LogP contribution is 2.24. The molecule has 7 nitrogen and oxygen atoms in total. The fourth-order valence-corrected chi connectivity index (χ4v) is 4.86. The van der Waals surface area contributed by atoms with Crippen molar-refractivity contribution in [2.75, 3.05) is 16.8 Å². The maximum absolute atomic E-state index is 12.0. The number of sulfone groups is 1. The summed E-state index contributed by atoms with van der Waals surface area (Å²) in [7, 11) is -3.08. The van der Waals surface area contributed by atoms with Gasteiger partial charge < -0.3 is 10.6 Å². The average Bonchev–Trinajstić information content (AvgIpc) is 2.83. The minimum atomic E-state index is -3.08. The van der Waals surface area contributed by atoms with Gasteiger partial charge in [-0.3, -0.25) is 9.59 Å². The molecule has 0 saturated carbocycles. The van der Waals surface area contributed by atoms with E-state index in [1.165, 1.54) is 12.3 Å². The van der Waals surface area contributed by atoms with Crippen LogP contribution in [0.4, 0.5) is 5.13 Å². The number of amides is 2. The van der Waals surface area contributed by atoms with E-state index in [2.05, 4.69) is 15.6 Å². The summed E-state index contributed by atoms with van der Waals surface area (Å²) in [4.78, 5) is 26.9. The van der Waals surface area contributed by atoms with Crippen molar-refractivity contribution in [1.82, 2.24) is 10.3 Å². The van der Waals surface area contributed by atoms with Crippen LogP contribution in [0.1, 0.15) is 30.8 Å². The van der Waals surface area contributed by atoms with E-state index in [9.17, 15) is 18.0 Å². The molecule has 110 valence electrons. The topological polar surface area (TPSA) is 105 Å². The first-order valence-electron chi connectivity index (χ1n) is 5.95. The normalized spacial score (nSPS) is 24.3. The van der Waals surface area contributed by atoms with Crippen molar-refractivity contribution in [2.45, 2.75) is 25.8 Å². The number of hydrogen-bond donors (Lipinski definition) is 2. The molecule has 0 radical (unpaired) electrons. The summed E-state index contributed by atoms with van der Waals surface area (Å²) in [6, 6.07) is 0. The van der Waals surface area contributed by atoms with E-state index in [1.807, 2.05) is 0 Å². The molecule has 0 aromatic carbocycles. The van der Waals surface area contributed by atoms with E-state index in [4.69, 9.17) is 0 Å². The predicted molar refractivity (Wildman–Crippen MR) is 75.6 cm³/mol. The molecular formula is C11H15N3O4S2. The lowest BCUT2D eigenvalue weighted by Gasteiger charge is -2.23. The molecule has 2 rings (SSSR count). The van der Waals surface area contributed by atoms with Gasteiger partial charge in [0.2, 0.25) is 5.91 Å². The average molecular weight is 317 g/mol. The number of aromatic nitrogens is 1. The summed E-state index contributed by atoms with van der Waals surface area (Å²) in [5.74, 6) is -0.676. The van der Waals surface area contributed by atoms with E-state index >= 15 is 0 Å². The highest BCUT2D eigenvalue weighted by molar-refractivity contribution is 7.91. The van der Waals surface area contributed by atoms with Crippen LogP contribution >= 0.6 is 11.3 Å². The summed E-state index contributed by atoms with van der Waals surface area (Å²) in [5, 5.41) is 7.06. The van der Waals surface area contributed by atoms with Gasteiger partial charge in [0.25, 0.3) is 5.91 Å². The molecule has 1 aromatic heterocycles. The number of carbonyl (C=O) groups excluding carboxylic acids is 2. The SMILES string of the molecule is CC(=O)Nc1nc(C(=O)NC2(C)CCS(=O)(=O)C2)cs1. The summed E-state index contributed by atoms with van der Waals surface area (Å²) < 4.78 is 23.0. The first kappa shape index (κ1) is 14.9. The number of nitrogens with zero attached hydrogens (tertiary/aromatic N) is 1. The Labute approximate surface area is 120 Å². The minimum absolute atomic E-state index is 0.0611. The Morgan fingerprint density at radius 2 is 2.15 bits per heavy atom. The molecule has 2 N–H and O–H groups in total. The van der Waals surface area contributed by atoms with Crippen molar-refractivity contribution in [3.63, 3.8) is 0 Å². The van der Waals surface area contributed by atoms with Gasteiger partial charge in [0.1, 0.15) is 5.69 Å². The Morgan fingerprint density at radius 1 is 1.45 bits per heavy atom. The van der Waals surface area contributed by atoms with Gasteiger partial charge in [-0.25, -0.2) is 13.4 Å². The van der Waals surface area contributed by atoms with Gasteiger partial charge in [0.15, 0.2) is 15.0 Å². The van der Waals surface area contributed by atoms with Crippen molar-refractivity contribution < 1.29 is 18.0 Å². The molecule has 1 aromatic rings. The highest BCUT2D eigenvalue weighted by Gasteiger charge is 2.39. The van der Waals surface area contributed by atoms with Crippen LogP contribution in [0.5, 0.6) is 0 Å². The van der Waals surface area contributed by atoms with Crippen LogP contribution in [0.3, 0.4) is 0 Å². The van der Waals surface area contributed by atoms with Crippen molar-refractivity contribution in [3.05, 3.63) is 11.1 Å². The number of nitrogens with one attached hydrogen (secondary N) is 2. The van der Waals surface area contributed by atoms with Crippen LogP contribution in [0.25, 0.3) is 0 Å². The molecule has 9 heteroatoms. The fourth-order valence-electron chi connectivity index (χ4n) is 2.03. The molecule has 1 saturated heterocycles. The monoisotopic (exact) mass is 317 g/mol. The van der Waals surface area contributed by atoms with Gasteiger partial charge in [0, 0.05) is 12.3 Å². The van der Waals surface area contributed by atoms with Crippen LogP contribution in [0, 0.1) is 0 Å². The zero-order chi connectivity index (χ0) is 15.0. The molecule has 1 aliphatic heterocycles. The summed E-state index contributed by atoms with van der Waals surface area (Å²) >= 11 is 1.14. The second kappa shape index (κ2) is 5.13. The summed E-state index contributed by atoms with van der Waals surface area (Å²) in [6.45, 7) is 3.06. The van der Waals surface area contributed by atoms with Gasteiger partial charge >= 0.3 is 0 Å². The van der Waals surface area contributed by atoms with E-state index in [1.54, 1.807) is 6.92 Å². The van der Waals surface area contributed by atoms with Gasteiger partial charge in [-0.1, -0.05) is 0 Å². The van der Waals surface area contributed by atoms with Crippen molar-refractivity contribution in [3.8, 4) is 0 Å². The lowest BCUT2D eigenvalue weighted by Crippen LogP contribution is -2.47. The third-order valence-electron chi connectivity index (χ3n) is 2.94. The quantitative estimate of drug-likeness (QED) is 0.840. The molecule has 0 spiro atoms. The highest BCUT2D eigenvalue weighted by atomic mass is 32.2. The first-order chi connectivity index (χ1) is 9.19. The maximum atomic E-state index is 12.0.